The van der Waals surface area contributed by atoms with Crippen molar-refractivity contribution >= 4 is 0 Å². The lowest BCUT2D eigenvalue weighted by Crippen LogP contribution is -2.28. The van der Waals surface area contributed by atoms with E-state index in [1.54, 1.807) is 5.56 Å². The molecule has 2 rings (SSSR count). The van der Waals surface area contributed by atoms with Crippen molar-refractivity contribution in [2.24, 2.45) is 11.7 Å². The Balaban J connectivity index is 1.81. The second-order valence-corrected chi connectivity index (χ2v) is 6.62. The van der Waals surface area contributed by atoms with Crippen LogP contribution in [0.2, 0.25) is 0 Å². The molecule has 1 aromatic rings. The van der Waals surface area contributed by atoms with Crippen molar-refractivity contribution < 1.29 is 0 Å². The third-order valence-corrected chi connectivity index (χ3v) is 4.36. The second-order valence-electron chi connectivity index (χ2n) is 6.62. The molecule has 0 aromatic heterocycles. The molecule has 0 spiro atoms. The largest absolute Gasteiger partial charge is 0.328 e. The van der Waals surface area contributed by atoms with Gasteiger partial charge in [0.2, 0.25) is 0 Å². The molecule has 2 unspecified atom stereocenters. The van der Waals surface area contributed by atoms with Gasteiger partial charge in [0.1, 0.15) is 0 Å². The molecule has 0 saturated heterocycles. The lowest BCUT2D eigenvalue weighted by molar-refractivity contribution is 0.225. The summed E-state index contributed by atoms with van der Waals surface area (Å²) in [5.74, 6) is 0.777. The monoisotopic (exact) mass is 274 g/mol. The smallest absolute Gasteiger partial charge is 0.0236 e. The lowest BCUT2D eigenvalue weighted by atomic mass is 10.0. The zero-order valence-corrected chi connectivity index (χ0v) is 13.1. The van der Waals surface area contributed by atoms with Crippen LogP contribution in [-0.4, -0.2) is 24.0 Å². The number of nitrogens with two attached hydrogens (primary N) is 1. The van der Waals surface area contributed by atoms with E-state index in [0.29, 0.717) is 6.04 Å². The van der Waals surface area contributed by atoms with Gasteiger partial charge in [0.15, 0.2) is 0 Å². The molecule has 0 amide bonds. The maximum Gasteiger partial charge on any atom is 0.0236 e. The van der Waals surface area contributed by atoms with Crippen molar-refractivity contribution in [1.29, 1.82) is 0 Å². The van der Waals surface area contributed by atoms with Gasteiger partial charge in [-0.2, -0.15) is 0 Å². The predicted molar refractivity (Wildman–Crippen MR) is 86.7 cm³/mol. The van der Waals surface area contributed by atoms with Crippen LogP contribution in [0.25, 0.3) is 0 Å². The highest BCUT2D eigenvalue weighted by molar-refractivity contribution is 5.27. The van der Waals surface area contributed by atoms with E-state index >= 15 is 0 Å². The highest BCUT2D eigenvalue weighted by Gasteiger charge is 2.16. The van der Waals surface area contributed by atoms with Crippen molar-refractivity contribution in [1.82, 2.24) is 4.90 Å². The predicted octanol–water partition coefficient (Wildman–Crippen LogP) is 3.59. The maximum atomic E-state index is 5.83. The van der Waals surface area contributed by atoms with Crippen LogP contribution in [0.1, 0.15) is 50.7 Å². The van der Waals surface area contributed by atoms with E-state index in [1.807, 2.05) is 0 Å². The first-order valence-electron chi connectivity index (χ1n) is 8.20. The molecule has 0 aliphatic carbocycles. The summed E-state index contributed by atoms with van der Waals surface area (Å²) < 4.78 is 0. The summed E-state index contributed by atoms with van der Waals surface area (Å²) in [4.78, 5) is 2.64. The van der Waals surface area contributed by atoms with Crippen LogP contribution in [-0.2, 0) is 13.0 Å². The van der Waals surface area contributed by atoms with Crippen LogP contribution < -0.4 is 5.73 Å². The molecule has 2 atom stereocenters. The summed E-state index contributed by atoms with van der Waals surface area (Å²) in [7, 11) is 0. The molecule has 1 aliphatic rings. The number of aryl methyl sites for hydroxylation is 1. The molecule has 2 nitrogen and oxygen atoms in total. The average molecular weight is 274 g/mol. The second kappa shape index (κ2) is 7.80. The number of hydrogen-bond donors (Lipinski definition) is 1. The van der Waals surface area contributed by atoms with Crippen LogP contribution in [0.5, 0.6) is 0 Å². The Morgan fingerprint density at radius 3 is 2.65 bits per heavy atom. The first-order valence-corrected chi connectivity index (χ1v) is 8.20. The SMILES string of the molecule is CC(N)CCCC(C)CN1CCCc2ccccc2C1. The Morgan fingerprint density at radius 2 is 1.90 bits per heavy atom. The third-order valence-electron chi connectivity index (χ3n) is 4.36. The number of rotatable bonds is 6. The summed E-state index contributed by atoms with van der Waals surface area (Å²) in [5.41, 5.74) is 8.92. The van der Waals surface area contributed by atoms with E-state index < -0.39 is 0 Å². The van der Waals surface area contributed by atoms with Crippen molar-refractivity contribution in [3.8, 4) is 0 Å². The molecular formula is C18H30N2. The Hall–Kier alpha value is -0.860. The molecular weight excluding hydrogens is 244 g/mol. The van der Waals surface area contributed by atoms with Gasteiger partial charge in [-0.3, -0.25) is 4.90 Å². The molecule has 0 bridgehead atoms. The Morgan fingerprint density at radius 1 is 1.15 bits per heavy atom. The fourth-order valence-electron chi connectivity index (χ4n) is 3.24. The summed E-state index contributed by atoms with van der Waals surface area (Å²) in [5, 5.41) is 0. The summed E-state index contributed by atoms with van der Waals surface area (Å²) in [6, 6.07) is 9.30. The van der Waals surface area contributed by atoms with Crippen LogP contribution >= 0.6 is 0 Å². The molecule has 1 heterocycles. The molecule has 20 heavy (non-hydrogen) atoms. The van der Waals surface area contributed by atoms with E-state index in [4.69, 9.17) is 5.73 Å². The quantitative estimate of drug-likeness (QED) is 0.859. The van der Waals surface area contributed by atoms with Crippen LogP contribution in [0, 0.1) is 5.92 Å². The van der Waals surface area contributed by atoms with E-state index in [9.17, 15) is 0 Å². The number of nitrogens with zero attached hydrogens (tertiary/aromatic N) is 1. The molecule has 2 N–H and O–H groups in total. The molecule has 0 radical (unpaired) electrons. The normalized spacial score (nSPS) is 19.1. The lowest BCUT2D eigenvalue weighted by Gasteiger charge is -2.24. The highest BCUT2D eigenvalue weighted by atomic mass is 15.1. The third kappa shape index (κ3) is 4.92. The van der Waals surface area contributed by atoms with Gasteiger partial charge < -0.3 is 5.73 Å². The van der Waals surface area contributed by atoms with Crippen molar-refractivity contribution in [2.45, 2.75) is 58.5 Å². The molecule has 1 aromatic carbocycles. The molecule has 1 aliphatic heterocycles. The van der Waals surface area contributed by atoms with Crippen LogP contribution in [0.3, 0.4) is 0 Å². The topological polar surface area (TPSA) is 29.3 Å². The number of fused-ring (bicyclic) bond motifs is 1. The molecule has 0 saturated carbocycles. The zero-order chi connectivity index (χ0) is 14.4. The minimum Gasteiger partial charge on any atom is -0.328 e. The molecule has 112 valence electrons. The van der Waals surface area contributed by atoms with Crippen LogP contribution in [0.15, 0.2) is 24.3 Å². The van der Waals surface area contributed by atoms with Gasteiger partial charge in [-0.25, -0.2) is 0 Å². The van der Waals surface area contributed by atoms with Gasteiger partial charge in [-0.1, -0.05) is 37.6 Å². The van der Waals surface area contributed by atoms with Gasteiger partial charge in [-0.05, 0) is 56.2 Å². The summed E-state index contributed by atoms with van der Waals surface area (Å²) in [6.07, 6.45) is 6.27. The van der Waals surface area contributed by atoms with Gasteiger partial charge >= 0.3 is 0 Å². The minimum atomic E-state index is 0.354. The van der Waals surface area contributed by atoms with E-state index in [-0.39, 0.29) is 0 Å². The van der Waals surface area contributed by atoms with E-state index in [0.717, 1.165) is 18.9 Å². The summed E-state index contributed by atoms with van der Waals surface area (Å²) in [6.45, 7) is 8.10. The van der Waals surface area contributed by atoms with Gasteiger partial charge in [-0.15, -0.1) is 0 Å². The van der Waals surface area contributed by atoms with Gasteiger partial charge in [0, 0.05) is 19.1 Å². The maximum absolute atomic E-state index is 5.83. The fourth-order valence-corrected chi connectivity index (χ4v) is 3.24. The van der Waals surface area contributed by atoms with Crippen molar-refractivity contribution in [2.75, 3.05) is 13.1 Å². The van der Waals surface area contributed by atoms with E-state index in [2.05, 4.69) is 43.0 Å². The first kappa shape index (κ1) is 15.5. The average Bonchev–Trinajstić information content (AvgIpc) is 2.59. The highest BCUT2D eigenvalue weighted by Crippen LogP contribution is 2.20. The Labute approximate surface area is 124 Å². The van der Waals surface area contributed by atoms with E-state index in [1.165, 1.54) is 44.3 Å². The summed E-state index contributed by atoms with van der Waals surface area (Å²) >= 11 is 0. The van der Waals surface area contributed by atoms with Crippen molar-refractivity contribution in [3.05, 3.63) is 35.4 Å². The fraction of sp³-hybridized carbons (Fsp3) is 0.667. The van der Waals surface area contributed by atoms with Crippen LogP contribution in [0.4, 0.5) is 0 Å². The molecule has 2 heteroatoms. The first-order chi connectivity index (χ1) is 9.65. The zero-order valence-electron chi connectivity index (χ0n) is 13.1. The Bertz CT molecular complexity index is 400. The van der Waals surface area contributed by atoms with Gasteiger partial charge in [0.05, 0.1) is 0 Å². The standard InChI is InChI=1S/C18H30N2/c1-15(7-5-8-16(2)19)13-20-12-6-11-17-9-3-4-10-18(17)14-20/h3-4,9-10,15-16H,5-8,11-14,19H2,1-2H3. The number of benzene rings is 1. The Kier molecular flexibility index (Phi) is 6.06. The molecule has 0 fully saturated rings. The number of hydrogen-bond acceptors (Lipinski definition) is 2. The van der Waals surface area contributed by atoms with Crippen molar-refractivity contribution in [3.63, 3.8) is 0 Å². The minimum absolute atomic E-state index is 0.354. The van der Waals surface area contributed by atoms with Gasteiger partial charge in [0.25, 0.3) is 0 Å².